The molecule has 1 saturated heterocycles. The molecule has 1 aliphatic heterocycles. The van der Waals surface area contributed by atoms with Gasteiger partial charge in [-0.2, -0.15) is 0 Å². The first-order chi connectivity index (χ1) is 14.5. The van der Waals surface area contributed by atoms with E-state index in [1.165, 1.54) is 5.56 Å². The van der Waals surface area contributed by atoms with Gasteiger partial charge < -0.3 is 10.2 Å². The summed E-state index contributed by atoms with van der Waals surface area (Å²) < 4.78 is 0. The highest BCUT2D eigenvalue weighted by Crippen LogP contribution is 2.28. The van der Waals surface area contributed by atoms with Crippen LogP contribution in [-0.4, -0.2) is 29.2 Å². The van der Waals surface area contributed by atoms with Gasteiger partial charge in [0.25, 0.3) is 0 Å². The highest BCUT2D eigenvalue weighted by molar-refractivity contribution is 6.42. The fourth-order valence-electron chi connectivity index (χ4n) is 3.69. The number of benzene rings is 2. The zero-order chi connectivity index (χ0) is 21.1. The molecule has 154 valence electrons. The van der Waals surface area contributed by atoms with Gasteiger partial charge in [-0.05, 0) is 55.7 Å². The zero-order valence-corrected chi connectivity index (χ0v) is 18.1. The molecule has 0 aliphatic carbocycles. The van der Waals surface area contributed by atoms with E-state index < -0.39 is 0 Å². The Morgan fingerprint density at radius 3 is 2.43 bits per heavy atom. The second-order valence-electron chi connectivity index (χ2n) is 7.47. The summed E-state index contributed by atoms with van der Waals surface area (Å²) in [7, 11) is 0. The van der Waals surface area contributed by atoms with Crippen molar-refractivity contribution in [3.63, 3.8) is 0 Å². The van der Waals surface area contributed by atoms with Crippen LogP contribution in [0.15, 0.2) is 54.6 Å². The molecule has 0 atom stereocenters. The van der Waals surface area contributed by atoms with Gasteiger partial charge in [0.15, 0.2) is 5.82 Å². The second-order valence-corrected chi connectivity index (χ2v) is 8.29. The number of halogens is 2. The number of aromatic nitrogens is 2. The Balaban J connectivity index is 1.35. The third-order valence-electron chi connectivity index (χ3n) is 5.45. The standard InChI is InChI=1S/C23H22Cl2N4O/c1-15-4-2-3-5-18(15)21-8-9-22(28-27-21)29-12-10-16(11-13-29)23(30)26-17-6-7-19(24)20(25)14-17/h2-9,14,16H,10-13H2,1H3,(H,26,30). The fraction of sp³-hybridized carbons (Fsp3) is 0.261. The Hall–Kier alpha value is -2.63. The lowest BCUT2D eigenvalue weighted by molar-refractivity contribution is -0.120. The molecule has 1 amide bonds. The number of amides is 1. The lowest BCUT2D eigenvalue weighted by atomic mass is 9.95. The summed E-state index contributed by atoms with van der Waals surface area (Å²) in [5, 5.41) is 12.7. The van der Waals surface area contributed by atoms with E-state index in [0.29, 0.717) is 15.7 Å². The molecule has 1 fully saturated rings. The van der Waals surface area contributed by atoms with Gasteiger partial charge in [-0.15, -0.1) is 10.2 Å². The molecule has 4 rings (SSSR count). The molecule has 5 nitrogen and oxygen atoms in total. The quantitative estimate of drug-likeness (QED) is 0.572. The summed E-state index contributed by atoms with van der Waals surface area (Å²) in [6.07, 6.45) is 1.52. The maximum atomic E-state index is 12.6. The summed E-state index contributed by atoms with van der Waals surface area (Å²) in [6.45, 7) is 3.59. The minimum Gasteiger partial charge on any atom is -0.355 e. The number of anilines is 2. The van der Waals surface area contributed by atoms with Crippen molar-refractivity contribution in [3.8, 4) is 11.3 Å². The molecule has 2 aromatic carbocycles. The SMILES string of the molecule is Cc1ccccc1-c1ccc(N2CCC(C(=O)Nc3ccc(Cl)c(Cl)c3)CC2)nn1. The van der Waals surface area contributed by atoms with Gasteiger partial charge in [-0.1, -0.05) is 47.5 Å². The first-order valence-corrected chi connectivity index (χ1v) is 10.7. The fourth-order valence-corrected chi connectivity index (χ4v) is 3.98. The van der Waals surface area contributed by atoms with E-state index in [9.17, 15) is 4.79 Å². The Kier molecular flexibility index (Phi) is 6.21. The predicted octanol–water partition coefficient (Wildman–Crippen LogP) is 5.61. The Morgan fingerprint density at radius 2 is 1.77 bits per heavy atom. The van der Waals surface area contributed by atoms with Crippen LogP contribution in [-0.2, 0) is 4.79 Å². The number of aryl methyl sites for hydroxylation is 1. The Labute approximate surface area is 186 Å². The summed E-state index contributed by atoms with van der Waals surface area (Å²) in [5.74, 6) is 0.805. The van der Waals surface area contributed by atoms with E-state index in [-0.39, 0.29) is 11.8 Å². The monoisotopic (exact) mass is 440 g/mol. The predicted molar refractivity (Wildman–Crippen MR) is 122 cm³/mol. The van der Waals surface area contributed by atoms with Crippen LogP contribution in [0, 0.1) is 12.8 Å². The van der Waals surface area contributed by atoms with Crippen LogP contribution in [0.3, 0.4) is 0 Å². The molecule has 0 bridgehead atoms. The lowest BCUT2D eigenvalue weighted by Crippen LogP contribution is -2.38. The minimum absolute atomic E-state index is 0.00836. The van der Waals surface area contributed by atoms with Crippen LogP contribution >= 0.6 is 23.2 Å². The number of rotatable bonds is 4. The third kappa shape index (κ3) is 4.58. The van der Waals surface area contributed by atoms with Crippen molar-refractivity contribution in [1.82, 2.24) is 10.2 Å². The van der Waals surface area contributed by atoms with Crippen LogP contribution in [0.4, 0.5) is 11.5 Å². The maximum Gasteiger partial charge on any atom is 0.227 e. The third-order valence-corrected chi connectivity index (χ3v) is 6.19. The van der Waals surface area contributed by atoms with Gasteiger partial charge in [-0.3, -0.25) is 4.79 Å². The largest absolute Gasteiger partial charge is 0.355 e. The number of piperidine rings is 1. The number of hydrogen-bond acceptors (Lipinski definition) is 4. The number of carbonyl (C=O) groups is 1. The molecule has 0 saturated carbocycles. The Morgan fingerprint density at radius 1 is 1.00 bits per heavy atom. The van der Waals surface area contributed by atoms with E-state index >= 15 is 0 Å². The van der Waals surface area contributed by atoms with Crippen LogP contribution in [0.5, 0.6) is 0 Å². The molecule has 0 unspecified atom stereocenters. The second kappa shape index (κ2) is 9.02. The Bertz CT molecular complexity index is 1050. The maximum absolute atomic E-state index is 12.6. The molecular formula is C23H22Cl2N4O. The van der Waals surface area contributed by atoms with Crippen LogP contribution in [0.1, 0.15) is 18.4 Å². The average molecular weight is 441 g/mol. The summed E-state index contributed by atoms with van der Waals surface area (Å²) in [6, 6.07) is 17.3. The molecule has 3 aromatic rings. The lowest BCUT2D eigenvalue weighted by Gasteiger charge is -2.31. The molecular weight excluding hydrogens is 419 g/mol. The first-order valence-electron chi connectivity index (χ1n) is 9.92. The molecule has 1 aromatic heterocycles. The molecule has 1 N–H and O–H groups in total. The van der Waals surface area contributed by atoms with E-state index in [1.807, 2.05) is 24.3 Å². The normalized spacial score (nSPS) is 14.6. The van der Waals surface area contributed by atoms with Gasteiger partial charge in [-0.25, -0.2) is 0 Å². The first kappa shape index (κ1) is 20.6. The van der Waals surface area contributed by atoms with Crippen molar-refractivity contribution in [2.75, 3.05) is 23.3 Å². The molecule has 0 spiro atoms. The average Bonchev–Trinajstić information content (AvgIpc) is 2.77. The molecule has 2 heterocycles. The van der Waals surface area contributed by atoms with Crippen molar-refractivity contribution in [2.45, 2.75) is 19.8 Å². The summed E-state index contributed by atoms with van der Waals surface area (Å²) in [4.78, 5) is 14.8. The number of nitrogens with one attached hydrogen (secondary N) is 1. The van der Waals surface area contributed by atoms with E-state index in [4.69, 9.17) is 23.2 Å². The van der Waals surface area contributed by atoms with Crippen LogP contribution in [0.25, 0.3) is 11.3 Å². The number of carbonyl (C=O) groups excluding carboxylic acids is 1. The molecule has 0 radical (unpaired) electrons. The highest BCUT2D eigenvalue weighted by atomic mass is 35.5. The van der Waals surface area contributed by atoms with E-state index in [2.05, 4.69) is 39.5 Å². The number of hydrogen-bond donors (Lipinski definition) is 1. The van der Waals surface area contributed by atoms with Gasteiger partial charge in [0.05, 0.1) is 15.7 Å². The van der Waals surface area contributed by atoms with E-state index in [1.54, 1.807) is 18.2 Å². The van der Waals surface area contributed by atoms with Gasteiger partial charge >= 0.3 is 0 Å². The minimum atomic E-state index is -0.0464. The highest BCUT2D eigenvalue weighted by Gasteiger charge is 2.26. The zero-order valence-electron chi connectivity index (χ0n) is 16.6. The molecule has 7 heteroatoms. The number of nitrogens with zero attached hydrogens (tertiary/aromatic N) is 3. The van der Waals surface area contributed by atoms with Gasteiger partial charge in [0, 0.05) is 30.3 Å². The van der Waals surface area contributed by atoms with Crippen molar-refractivity contribution < 1.29 is 4.79 Å². The van der Waals surface area contributed by atoms with Crippen LogP contribution < -0.4 is 10.2 Å². The van der Waals surface area contributed by atoms with E-state index in [0.717, 1.165) is 43.0 Å². The molecule has 30 heavy (non-hydrogen) atoms. The topological polar surface area (TPSA) is 58.1 Å². The summed E-state index contributed by atoms with van der Waals surface area (Å²) in [5.41, 5.74) is 3.80. The molecule has 1 aliphatic rings. The van der Waals surface area contributed by atoms with Gasteiger partial charge in [0.2, 0.25) is 5.91 Å². The van der Waals surface area contributed by atoms with Crippen LogP contribution in [0.2, 0.25) is 10.0 Å². The van der Waals surface area contributed by atoms with Gasteiger partial charge in [0.1, 0.15) is 0 Å². The van der Waals surface area contributed by atoms with Crippen molar-refractivity contribution in [2.24, 2.45) is 5.92 Å². The van der Waals surface area contributed by atoms with Crippen molar-refractivity contribution >= 4 is 40.6 Å². The summed E-state index contributed by atoms with van der Waals surface area (Å²) >= 11 is 12.0. The van der Waals surface area contributed by atoms with Crippen molar-refractivity contribution in [1.29, 1.82) is 0 Å². The van der Waals surface area contributed by atoms with Crippen molar-refractivity contribution in [3.05, 3.63) is 70.2 Å². The smallest absolute Gasteiger partial charge is 0.227 e.